The predicted octanol–water partition coefficient (Wildman–Crippen LogP) is 5.10. The zero-order chi connectivity index (χ0) is 13.9. The van der Waals surface area contributed by atoms with Crippen molar-refractivity contribution in [3.8, 4) is 0 Å². The molecule has 106 valence electrons. The Kier molecular flexibility index (Phi) is 11.3. The summed E-state index contributed by atoms with van der Waals surface area (Å²) >= 11 is 17.4. The quantitative estimate of drug-likeness (QED) is 0.173. The van der Waals surface area contributed by atoms with Crippen molar-refractivity contribution in [2.45, 2.75) is 51.0 Å². The van der Waals surface area contributed by atoms with E-state index in [-0.39, 0.29) is 5.97 Å². The van der Waals surface area contributed by atoms with Gasteiger partial charge in [0.15, 0.2) is 0 Å². The average Bonchev–Trinajstić information content (AvgIpc) is 2.29. The molecule has 0 saturated carbocycles. The van der Waals surface area contributed by atoms with Gasteiger partial charge < -0.3 is 4.74 Å². The minimum Gasteiger partial charge on any atom is -0.463 e. The number of unbranched alkanes of at least 4 members (excludes halogenated alkanes) is 6. The summed E-state index contributed by atoms with van der Waals surface area (Å²) in [5, 5.41) is 0. The summed E-state index contributed by atoms with van der Waals surface area (Å²) in [6, 6.07) is -1.64. The van der Waals surface area contributed by atoms with Crippen LogP contribution in [0.4, 0.5) is 0 Å². The maximum absolute atomic E-state index is 10.7. The molecule has 0 unspecified atom stereocenters. The fourth-order valence-corrected chi connectivity index (χ4v) is 3.40. The van der Waals surface area contributed by atoms with Crippen LogP contribution in [0, 0.1) is 0 Å². The monoisotopic (exact) mass is 330 g/mol. The van der Waals surface area contributed by atoms with Gasteiger partial charge in [-0.2, -0.15) is 0 Å². The van der Waals surface area contributed by atoms with E-state index in [1.165, 1.54) is 18.9 Å². The van der Waals surface area contributed by atoms with Crippen LogP contribution in [0.3, 0.4) is 0 Å². The number of carbonyl (C=O) groups is 1. The van der Waals surface area contributed by atoms with Crippen molar-refractivity contribution in [2.24, 2.45) is 0 Å². The third kappa shape index (κ3) is 14.4. The third-order valence-electron chi connectivity index (χ3n) is 2.52. The second-order valence-electron chi connectivity index (χ2n) is 4.21. The Morgan fingerprint density at radius 1 is 1.00 bits per heavy atom. The van der Waals surface area contributed by atoms with Gasteiger partial charge in [0.05, 0.1) is 6.61 Å². The molecular weight excluding hydrogens is 311 g/mol. The molecule has 0 saturated heterocycles. The fraction of sp³-hybridized carbons (Fsp3) is 0.750. The van der Waals surface area contributed by atoms with Crippen molar-refractivity contribution in [2.75, 3.05) is 6.61 Å². The second kappa shape index (κ2) is 11.2. The molecule has 0 aromatic rings. The molecule has 18 heavy (non-hydrogen) atoms. The van der Waals surface area contributed by atoms with Crippen LogP contribution in [0.2, 0.25) is 6.04 Å². The van der Waals surface area contributed by atoms with Crippen molar-refractivity contribution in [1.82, 2.24) is 0 Å². The predicted molar refractivity (Wildman–Crippen MR) is 81.6 cm³/mol. The molecule has 0 atom stereocenters. The normalized spacial score (nSPS) is 11.3. The number of hydrogen-bond donors (Lipinski definition) is 0. The van der Waals surface area contributed by atoms with Crippen LogP contribution < -0.4 is 0 Å². The molecule has 0 bridgehead atoms. The maximum Gasteiger partial charge on any atom is 0.341 e. The van der Waals surface area contributed by atoms with Gasteiger partial charge in [-0.15, -0.1) is 33.2 Å². The van der Waals surface area contributed by atoms with Gasteiger partial charge in [0.25, 0.3) is 0 Å². The van der Waals surface area contributed by atoms with E-state index in [4.69, 9.17) is 38.0 Å². The van der Waals surface area contributed by atoms with E-state index in [0.717, 1.165) is 38.1 Å². The molecule has 0 aromatic heterocycles. The van der Waals surface area contributed by atoms with E-state index in [1.54, 1.807) is 0 Å². The van der Waals surface area contributed by atoms with Gasteiger partial charge in [-0.25, -0.2) is 4.79 Å². The van der Waals surface area contributed by atoms with E-state index < -0.39 is 6.00 Å². The molecule has 0 fully saturated rings. The van der Waals surface area contributed by atoms with Crippen molar-refractivity contribution in [3.63, 3.8) is 0 Å². The largest absolute Gasteiger partial charge is 0.463 e. The van der Waals surface area contributed by atoms with E-state index in [0.29, 0.717) is 6.61 Å². The molecule has 0 aliphatic rings. The minimum atomic E-state index is -2.40. The first-order valence-corrected chi connectivity index (χ1v) is 11.6. The van der Waals surface area contributed by atoms with Crippen LogP contribution in [0.15, 0.2) is 12.7 Å². The maximum atomic E-state index is 10.7. The summed E-state index contributed by atoms with van der Waals surface area (Å²) in [6.07, 6.45) is 8.87. The Balaban J connectivity index is 3.12. The van der Waals surface area contributed by atoms with Crippen LogP contribution in [-0.2, 0) is 9.53 Å². The first-order valence-electron chi connectivity index (χ1n) is 6.31. The van der Waals surface area contributed by atoms with Crippen LogP contribution in [-0.4, -0.2) is 18.6 Å². The zero-order valence-corrected chi connectivity index (χ0v) is 13.9. The standard InChI is InChI=1S/C12H21Cl3O2Si/c1-2-12(16)17-10-8-6-4-3-5-7-9-11-18(13,14)15/h2H,1,3-11H2. The van der Waals surface area contributed by atoms with E-state index >= 15 is 0 Å². The lowest BCUT2D eigenvalue weighted by atomic mass is 10.1. The highest BCUT2D eigenvalue weighted by molar-refractivity contribution is 7.64. The highest BCUT2D eigenvalue weighted by Gasteiger charge is 2.23. The van der Waals surface area contributed by atoms with Crippen molar-refractivity contribution in [1.29, 1.82) is 0 Å². The average molecular weight is 332 g/mol. The highest BCUT2D eigenvalue weighted by Crippen LogP contribution is 2.27. The molecule has 0 rings (SSSR count). The molecule has 0 radical (unpaired) electrons. The molecule has 0 amide bonds. The molecule has 0 heterocycles. The summed E-state index contributed by atoms with van der Waals surface area (Å²) in [7, 11) is 0. The van der Waals surface area contributed by atoms with Crippen LogP contribution in [0.25, 0.3) is 0 Å². The number of ether oxygens (including phenoxy) is 1. The van der Waals surface area contributed by atoms with Gasteiger partial charge in [0, 0.05) is 6.08 Å². The lowest BCUT2D eigenvalue weighted by Crippen LogP contribution is -2.07. The van der Waals surface area contributed by atoms with Crippen molar-refractivity contribution in [3.05, 3.63) is 12.7 Å². The highest BCUT2D eigenvalue weighted by atomic mass is 35.8. The second-order valence-corrected chi connectivity index (χ2v) is 13.5. The molecule has 0 aliphatic heterocycles. The number of esters is 1. The number of carbonyl (C=O) groups excluding carboxylic acids is 1. The Bertz CT molecular complexity index is 242. The van der Waals surface area contributed by atoms with Crippen molar-refractivity contribution >= 4 is 45.2 Å². The van der Waals surface area contributed by atoms with Gasteiger partial charge >= 0.3 is 12.0 Å². The molecule has 6 heteroatoms. The number of hydrogen-bond acceptors (Lipinski definition) is 2. The molecule has 0 N–H and O–H groups in total. The van der Waals surface area contributed by atoms with E-state index in [9.17, 15) is 4.79 Å². The Morgan fingerprint density at radius 3 is 2.00 bits per heavy atom. The Morgan fingerprint density at radius 2 is 1.50 bits per heavy atom. The summed E-state index contributed by atoms with van der Waals surface area (Å²) in [5.41, 5.74) is 0. The molecule has 0 aliphatic carbocycles. The van der Waals surface area contributed by atoms with Gasteiger partial charge in [-0.05, 0) is 12.5 Å². The summed E-state index contributed by atoms with van der Waals surface area (Å²) in [6.45, 7) is 3.82. The van der Waals surface area contributed by atoms with Crippen molar-refractivity contribution < 1.29 is 9.53 Å². The van der Waals surface area contributed by atoms with E-state index in [2.05, 4.69) is 6.58 Å². The van der Waals surface area contributed by atoms with Gasteiger partial charge in [-0.1, -0.05) is 45.1 Å². The Hall–Kier alpha value is 0.297. The fourth-order valence-electron chi connectivity index (χ4n) is 1.54. The molecular formula is C12H21Cl3O2Si. The summed E-state index contributed by atoms with van der Waals surface area (Å²) in [5.74, 6) is -0.342. The molecule has 0 aromatic carbocycles. The van der Waals surface area contributed by atoms with E-state index in [1.807, 2.05) is 0 Å². The lowest BCUT2D eigenvalue weighted by molar-refractivity contribution is -0.137. The first kappa shape index (κ1) is 18.3. The SMILES string of the molecule is C=CC(=O)OCCCCCCCCC[Si](Cl)(Cl)Cl. The smallest absolute Gasteiger partial charge is 0.341 e. The Labute approximate surface area is 125 Å². The summed E-state index contributed by atoms with van der Waals surface area (Å²) in [4.78, 5) is 10.7. The first-order chi connectivity index (χ1) is 8.45. The molecule has 0 spiro atoms. The van der Waals surface area contributed by atoms with Crippen LogP contribution >= 0.6 is 33.2 Å². The molecule has 2 nitrogen and oxygen atoms in total. The number of halogens is 3. The minimum absolute atomic E-state index is 0.342. The number of rotatable bonds is 11. The topological polar surface area (TPSA) is 26.3 Å². The summed E-state index contributed by atoms with van der Waals surface area (Å²) < 4.78 is 4.88. The van der Waals surface area contributed by atoms with Gasteiger partial charge in [0.1, 0.15) is 0 Å². The van der Waals surface area contributed by atoms with Crippen LogP contribution in [0.5, 0.6) is 0 Å². The third-order valence-corrected chi connectivity index (χ3v) is 5.14. The van der Waals surface area contributed by atoms with Gasteiger partial charge in [0.2, 0.25) is 0 Å². The van der Waals surface area contributed by atoms with Crippen LogP contribution in [0.1, 0.15) is 44.9 Å². The lowest BCUT2D eigenvalue weighted by Gasteiger charge is -2.06. The van der Waals surface area contributed by atoms with Gasteiger partial charge in [-0.3, -0.25) is 0 Å². The zero-order valence-electron chi connectivity index (χ0n) is 10.6.